The second-order valence-electron chi connectivity index (χ2n) is 6.78. The smallest absolute Gasteiger partial charge is 0.321 e. The first-order valence-electron chi connectivity index (χ1n) is 8.76. The van der Waals surface area contributed by atoms with Crippen LogP contribution in [0.3, 0.4) is 0 Å². The van der Waals surface area contributed by atoms with Gasteiger partial charge in [0, 0.05) is 37.5 Å². The van der Waals surface area contributed by atoms with Crippen molar-refractivity contribution in [2.24, 2.45) is 5.92 Å². The molecule has 1 atom stereocenters. The van der Waals surface area contributed by atoms with E-state index in [9.17, 15) is 4.79 Å². The number of aromatic amines is 1. The van der Waals surface area contributed by atoms with Gasteiger partial charge in [-0.2, -0.15) is 0 Å². The van der Waals surface area contributed by atoms with E-state index in [1.165, 1.54) is 0 Å². The van der Waals surface area contributed by atoms with Crippen molar-refractivity contribution < 1.29 is 9.53 Å². The molecule has 0 radical (unpaired) electrons. The van der Waals surface area contributed by atoms with Gasteiger partial charge in [-0.05, 0) is 24.8 Å². The number of piperidine rings is 1. The van der Waals surface area contributed by atoms with Crippen molar-refractivity contribution >= 4 is 11.7 Å². The van der Waals surface area contributed by atoms with Crippen LogP contribution in [0.15, 0.2) is 30.7 Å². The van der Waals surface area contributed by atoms with Gasteiger partial charge in [-0.25, -0.2) is 14.8 Å². The van der Waals surface area contributed by atoms with E-state index in [2.05, 4.69) is 34.1 Å². The fourth-order valence-corrected chi connectivity index (χ4v) is 2.88. The van der Waals surface area contributed by atoms with Crippen LogP contribution in [-0.2, 0) is 0 Å². The first kappa shape index (κ1) is 17.3. The van der Waals surface area contributed by atoms with Crippen LogP contribution < -0.4 is 10.1 Å². The molecular formula is C18H25N5O2. The highest BCUT2D eigenvalue weighted by Crippen LogP contribution is 2.24. The summed E-state index contributed by atoms with van der Waals surface area (Å²) < 4.78 is 5.55. The number of nitrogens with one attached hydrogen (secondary N) is 2. The molecule has 1 aliphatic rings. The van der Waals surface area contributed by atoms with E-state index in [1.807, 2.05) is 17.2 Å². The lowest BCUT2D eigenvalue weighted by Gasteiger charge is -2.31. The summed E-state index contributed by atoms with van der Waals surface area (Å²) in [7, 11) is 0. The monoisotopic (exact) mass is 343 g/mol. The van der Waals surface area contributed by atoms with Crippen LogP contribution in [0.5, 0.6) is 5.88 Å². The average Bonchev–Trinajstić information content (AvgIpc) is 3.16. The first-order valence-corrected chi connectivity index (χ1v) is 8.76. The first-order chi connectivity index (χ1) is 12.1. The number of hydrogen-bond donors (Lipinski definition) is 2. The zero-order valence-corrected chi connectivity index (χ0v) is 14.7. The highest BCUT2D eigenvalue weighted by molar-refractivity contribution is 5.89. The summed E-state index contributed by atoms with van der Waals surface area (Å²) in [6, 6.07) is 3.49. The zero-order valence-electron chi connectivity index (χ0n) is 14.7. The molecule has 1 aliphatic heterocycles. The average molecular weight is 343 g/mol. The van der Waals surface area contributed by atoms with Crippen molar-refractivity contribution in [1.82, 2.24) is 19.9 Å². The Labute approximate surface area is 147 Å². The standard InChI is InChI=1S/C18H25N5O2/c1-13(2)12-25-16-6-5-15(10-21-16)22-18(24)23-9-3-4-14(11-23)17-19-7-8-20-17/h5-8,10,13-14H,3-4,9,11-12H2,1-2H3,(H,19,20)(H,22,24). The second-order valence-corrected chi connectivity index (χ2v) is 6.78. The number of likely N-dealkylation sites (tertiary alicyclic amines) is 1. The largest absolute Gasteiger partial charge is 0.477 e. The lowest BCUT2D eigenvalue weighted by atomic mass is 9.98. The van der Waals surface area contributed by atoms with Gasteiger partial charge in [-0.15, -0.1) is 0 Å². The van der Waals surface area contributed by atoms with Crippen molar-refractivity contribution in [1.29, 1.82) is 0 Å². The predicted molar refractivity (Wildman–Crippen MR) is 95.7 cm³/mol. The normalized spacial score (nSPS) is 17.6. The molecule has 3 rings (SSSR count). The molecule has 134 valence electrons. The number of nitrogens with zero attached hydrogens (tertiary/aromatic N) is 3. The highest BCUT2D eigenvalue weighted by Gasteiger charge is 2.26. The molecule has 1 saturated heterocycles. The van der Waals surface area contributed by atoms with Crippen LogP contribution in [-0.4, -0.2) is 45.6 Å². The lowest BCUT2D eigenvalue weighted by molar-refractivity contribution is 0.191. The Bertz CT molecular complexity index is 669. The molecule has 7 heteroatoms. The molecule has 2 aromatic rings. The Kier molecular flexibility index (Phi) is 5.53. The summed E-state index contributed by atoms with van der Waals surface area (Å²) in [4.78, 5) is 26.0. The van der Waals surface area contributed by atoms with Gasteiger partial charge in [-0.3, -0.25) is 0 Å². The van der Waals surface area contributed by atoms with Crippen molar-refractivity contribution in [2.75, 3.05) is 25.0 Å². The summed E-state index contributed by atoms with van der Waals surface area (Å²) in [5.41, 5.74) is 0.669. The minimum absolute atomic E-state index is 0.103. The molecule has 2 aromatic heterocycles. The molecular weight excluding hydrogens is 318 g/mol. The fourth-order valence-electron chi connectivity index (χ4n) is 2.88. The molecule has 2 amide bonds. The maximum absolute atomic E-state index is 12.5. The minimum atomic E-state index is -0.103. The summed E-state index contributed by atoms with van der Waals surface area (Å²) >= 11 is 0. The Hall–Kier alpha value is -2.57. The number of hydrogen-bond acceptors (Lipinski definition) is 4. The number of imidazole rings is 1. The third kappa shape index (κ3) is 4.71. The van der Waals surface area contributed by atoms with Gasteiger partial charge < -0.3 is 19.9 Å². The topological polar surface area (TPSA) is 83.1 Å². The molecule has 7 nitrogen and oxygen atoms in total. The van der Waals surface area contributed by atoms with Crippen LogP contribution in [0, 0.1) is 5.92 Å². The Balaban J connectivity index is 1.54. The van der Waals surface area contributed by atoms with Crippen LogP contribution in [0.2, 0.25) is 0 Å². The molecule has 0 spiro atoms. The van der Waals surface area contributed by atoms with E-state index in [0.717, 1.165) is 25.2 Å². The SMILES string of the molecule is CC(C)COc1ccc(NC(=O)N2CCCC(c3ncc[nH]3)C2)cn1. The van der Waals surface area contributed by atoms with Gasteiger partial charge in [0.1, 0.15) is 5.82 Å². The highest BCUT2D eigenvalue weighted by atomic mass is 16.5. The summed E-state index contributed by atoms with van der Waals surface area (Å²) in [5, 5.41) is 2.91. The molecule has 2 N–H and O–H groups in total. The number of aromatic nitrogens is 3. The van der Waals surface area contributed by atoms with E-state index in [4.69, 9.17) is 4.74 Å². The summed E-state index contributed by atoms with van der Waals surface area (Å²) in [6.45, 7) is 6.22. The number of H-pyrrole nitrogens is 1. The van der Waals surface area contributed by atoms with Gasteiger partial charge >= 0.3 is 6.03 Å². The third-order valence-electron chi connectivity index (χ3n) is 4.17. The summed E-state index contributed by atoms with van der Waals surface area (Å²) in [6.07, 6.45) is 7.22. The van der Waals surface area contributed by atoms with Gasteiger partial charge in [0.05, 0.1) is 18.5 Å². The second kappa shape index (κ2) is 8.00. The van der Waals surface area contributed by atoms with Crippen molar-refractivity contribution in [2.45, 2.75) is 32.6 Å². The molecule has 25 heavy (non-hydrogen) atoms. The predicted octanol–water partition coefficient (Wildman–Crippen LogP) is 3.25. The van der Waals surface area contributed by atoms with E-state index < -0.39 is 0 Å². The number of anilines is 1. The van der Waals surface area contributed by atoms with Gasteiger partial charge in [0.25, 0.3) is 0 Å². The molecule has 0 bridgehead atoms. The van der Waals surface area contributed by atoms with Crippen LogP contribution in [0.1, 0.15) is 38.4 Å². The molecule has 0 aromatic carbocycles. The third-order valence-corrected chi connectivity index (χ3v) is 4.17. The van der Waals surface area contributed by atoms with Crippen molar-refractivity contribution in [3.63, 3.8) is 0 Å². The quantitative estimate of drug-likeness (QED) is 0.873. The van der Waals surface area contributed by atoms with Crippen LogP contribution in [0.25, 0.3) is 0 Å². The maximum atomic E-state index is 12.5. The fraction of sp³-hybridized carbons (Fsp3) is 0.500. The van der Waals surface area contributed by atoms with Gasteiger partial charge in [0.2, 0.25) is 5.88 Å². The lowest BCUT2D eigenvalue weighted by Crippen LogP contribution is -2.41. The molecule has 0 saturated carbocycles. The van der Waals surface area contributed by atoms with Crippen LogP contribution >= 0.6 is 0 Å². The number of ether oxygens (including phenoxy) is 1. The van der Waals surface area contributed by atoms with Crippen molar-refractivity contribution in [3.05, 3.63) is 36.5 Å². The van der Waals surface area contributed by atoms with E-state index in [0.29, 0.717) is 30.6 Å². The Morgan fingerprint density at radius 2 is 2.32 bits per heavy atom. The van der Waals surface area contributed by atoms with E-state index >= 15 is 0 Å². The number of rotatable bonds is 5. The summed E-state index contributed by atoms with van der Waals surface area (Å²) in [5.74, 6) is 2.23. The number of amides is 2. The Morgan fingerprint density at radius 3 is 3.00 bits per heavy atom. The number of pyridine rings is 1. The van der Waals surface area contributed by atoms with Crippen molar-refractivity contribution in [3.8, 4) is 5.88 Å². The van der Waals surface area contributed by atoms with E-state index in [1.54, 1.807) is 18.5 Å². The maximum Gasteiger partial charge on any atom is 0.321 e. The van der Waals surface area contributed by atoms with Gasteiger partial charge in [0.15, 0.2) is 0 Å². The molecule has 0 aliphatic carbocycles. The number of carbonyl (C=O) groups is 1. The Morgan fingerprint density at radius 1 is 1.44 bits per heavy atom. The van der Waals surface area contributed by atoms with Gasteiger partial charge in [-0.1, -0.05) is 13.8 Å². The molecule has 3 heterocycles. The van der Waals surface area contributed by atoms with E-state index in [-0.39, 0.29) is 11.9 Å². The number of carbonyl (C=O) groups excluding carboxylic acids is 1. The minimum Gasteiger partial charge on any atom is -0.477 e. The molecule has 1 unspecified atom stereocenters. The number of urea groups is 1. The van der Waals surface area contributed by atoms with Crippen LogP contribution in [0.4, 0.5) is 10.5 Å². The molecule has 1 fully saturated rings. The zero-order chi connectivity index (χ0) is 17.6.